The van der Waals surface area contributed by atoms with Crippen molar-refractivity contribution in [1.29, 1.82) is 0 Å². The molecule has 2 rings (SSSR count). The van der Waals surface area contributed by atoms with E-state index in [0.717, 1.165) is 25.9 Å². The first-order valence-corrected chi connectivity index (χ1v) is 7.53. The summed E-state index contributed by atoms with van der Waals surface area (Å²) in [6.07, 6.45) is 1.71. The summed E-state index contributed by atoms with van der Waals surface area (Å²) in [5, 5.41) is 5.36. The van der Waals surface area contributed by atoms with Crippen molar-refractivity contribution in [2.75, 3.05) is 33.9 Å². The molecule has 4 nitrogen and oxygen atoms in total. The van der Waals surface area contributed by atoms with E-state index in [-0.39, 0.29) is 23.7 Å². The minimum absolute atomic E-state index is 0. The van der Waals surface area contributed by atoms with Crippen LogP contribution >= 0.6 is 23.7 Å². The Morgan fingerprint density at radius 1 is 1.50 bits per heavy atom. The number of ether oxygens (including phenoxy) is 1. The summed E-state index contributed by atoms with van der Waals surface area (Å²) in [7, 11) is 3.57. The number of hydrogen-bond donors (Lipinski definition) is 1. The standard InChI is InChI=1S/C14H22N2O2S.ClH/c1-16(10-12-4-3-9-19-12)13(17)14(11-18-2)5-7-15-8-6-14;/h3-4,9,15H,5-8,10-11H2,1-2H3;1H. The zero-order valence-electron chi connectivity index (χ0n) is 12.1. The van der Waals surface area contributed by atoms with Gasteiger partial charge in [0.05, 0.1) is 18.6 Å². The fourth-order valence-electron chi connectivity index (χ4n) is 2.71. The van der Waals surface area contributed by atoms with Crippen LogP contribution in [0.5, 0.6) is 0 Å². The number of methoxy groups -OCH3 is 1. The van der Waals surface area contributed by atoms with Crippen molar-refractivity contribution in [3.05, 3.63) is 22.4 Å². The lowest BCUT2D eigenvalue weighted by Crippen LogP contribution is -2.50. The van der Waals surface area contributed by atoms with Crippen LogP contribution in [0.25, 0.3) is 0 Å². The van der Waals surface area contributed by atoms with Crippen molar-refractivity contribution < 1.29 is 9.53 Å². The molecule has 6 heteroatoms. The van der Waals surface area contributed by atoms with Gasteiger partial charge in [0.1, 0.15) is 0 Å². The maximum Gasteiger partial charge on any atom is 0.231 e. The highest BCUT2D eigenvalue weighted by Crippen LogP contribution is 2.32. The Morgan fingerprint density at radius 2 is 2.20 bits per heavy atom. The summed E-state index contributed by atoms with van der Waals surface area (Å²) in [6.45, 7) is 2.99. The molecule has 114 valence electrons. The molecule has 1 aliphatic heterocycles. The van der Waals surface area contributed by atoms with E-state index in [9.17, 15) is 4.79 Å². The molecule has 0 atom stereocenters. The van der Waals surface area contributed by atoms with Gasteiger partial charge in [0.15, 0.2) is 0 Å². The maximum absolute atomic E-state index is 12.8. The third kappa shape index (κ3) is 3.95. The molecule has 0 saturated carbocycles. The summed E-state index contributed by atoms with van der Waals surface area (Å²) in [6, 6.07) is 4.09. The number of rotatable bonds is 5. The molecule has 0 aromatic carbocycles. The molecule has 1 fully saturated rings. The fraction of sp³-hybridized carbons (Fsp3) is 0.643. The molecule has 0 bridgehead atoms. The van der Waals surface area contributed by atoms with Crippen LogP contribution in [0.15, 0.2) is 17.5 Å². The Bertz CT molecular complexity index is 400. The Kier molecular flexibility index (Phi) is 6.95. The van der Waals surface area contributed by atoms with Crippen LogP contribution in [0.3, 0.4) is 0 Å². The van der Waals surface area contributed by atoms with Crippen molar-refractivity contribution >= 4 is 29.7 Å². The molecule has 1 amide bonds. The van der Waals surface area contributed by atoms with Crippen LogP contribution < -0.4 is 5.32 Å². The van der Waals surface area contributed by atoms with E-state index in [1.165, 1.54) is 4.88 Å². The first-order chi connectivity index (χ1) is 9.18. The van der Waals surface area contributed by atoms with E-state index in [1.54, 1.807) is 18.4 Å². The molecular weight excluding hydrogens is 296 g/mol. The highest BCUT2D eigenvalue weighted by atomic mass is 35.5. The average molecular weight is 319 g/mol. The first kappa shape index (κ1) is 17.4. The van der Waals surface area contributed by atoms with Crippen molar-refractivity contribution in [3.8, 4) is 0 Å². The van der Waals surface area contributed by atoms with Gasteiger partial charge in [0.2, 0.25) is 5.91 Å². The summed E-state index contributed by atoms with van der Waals surface area (Å²) in [5.74, 6) is 0.212. The van der Waals surface area contributed by atoms with E-state index < -0.39 is 0 Å². The second kappa shape index (κ2) is 7.98. The number of nitrogens with zero attached hydrogens (tertiary/aromatic N) is 1. The van der Waals surface area contributed by atoms with Crippen molar-refractivity contribution in [2.24, 2.45) is 5.41 Å². The summed E-state index contributed by atoms with van der Waals surface area (Å²) in [4.78, 5) is 15.8. The van der Waals surface area contributed by atoms with E-state index in [1.807, 2.05) is 23.4 Å². The molecule has 20 heavy (non-hydrogen) atoms. The van der Waals surface area contributed by atoms with Crippen LogP contribution in [0.1, 0.15) is 17.7 Å². The normalized spacial score (nSPS) is 17.3. The number of halogens is 1. The quantitative estimate of drug-likeness (QED) is 0.904. The van der Waals surface area contributed by atoms with E-state index in [2.05, 4.69) is 11.4 Å². The second-order valence-corrected chi connectivity index (χ2v) is 6.24. The van der Waals surface area contributed by atoms with E-state index >= 15 is 0 Å². The van der Waals surface area contributed by atoms with Gasteiger partial charge >= 0.3 is 0 Å². The topological polar surface area (TPSA) is 41.6 Å². The van der Waals surface area contributed by atoms with Gasteiger partial charge in [-0.1, -0.05) is 6.07 Å². The number of thiophene rings is 1. The van der Waals surface area contributed by atoms with Crippen LogP contribution in [-0.2, 0) is 16.1 Å². The molecule has 1 N–H and O–H groups in total. The molecule has 0 aliphatic carbocycles. The Balaban J connectivity index is 0.00000200. The second-order valence-electron chi connectivity index (χ2n) is 5.20. The fourth-order valence-corrected chi connectivity index (χ4v) is 3.47. The van der Waals surface area contributed by atoms with Crippen molar-refractivity contribution in [1.82, 2.24) is 10.2 Å². The SMILES string of the molecule is COCC1(C(=O)N(C)Cc2cccs2)CCNCC1.Cl. The Morgan fingerprint density at radius 3 is 2.75 bits per heavy atom. The van der Waals surface area contributed by atoms with Gasteiger partial charge in [-0.05, 0) is 37.4 Å². The smallest absolute Gasteiger partial charge is 0.231 e. The maximum atomic E-state index is 12.8. The van der Waals surface area contributed by atoms with Crippen LogP contribution in [-0.4, -0.2) is 44.7 Å². The Labute approximate surface area is 130 Å². The van der Waals surface area contributed by atoms with Gasteiger partial charge in [0.25, 0.3) is 0 Å². The molecule has 2 heterocycles. The zero-order chi connectivity index (χ0) is 13.7. The lowest BCUT2D eigenvalue weighted by atomic mass is 9.78. The predicted molar refractivity (Wildman–Crippen MR) is 84.5 cm³/mol. The Hall–Kier alpha value is -0.620. The van der Waals surface area contributed by atoms with Gasteiger partial charge < -0.3 is 15.0 Å². The first-order valence-electron chi connectivity index (χ1n) is 6.65. The van der Waals surface area contributed by atoms with Gasteiger partial charge in [0, 0.05) is 19.0 Å². The van der Waals surface area contributed by atoms with Crippen LogP contribution in [0, 0.1) is 5.41 Å². The predicted octanol–water partition coefficient (Wildman–Crippen LogP) is 2.14. The molecule has 1 aromatic heterocycles. The van der Waals surface area contributed by atoms with Crippen LogP contribution in [0.4, 0.5) is 0 Å². The van der Waals surface area contributed by atoms with Gasteiger partial charge in [-0.15, -0.1) is 23.7 Å². The molecule has 0 radical (unpaired) electrons. The molecule has 1 aliphatic rings. The van der Waals surface area contributed by atoms with E-state index in [4.69, 9.17) is 4.74 Å². The zero-order valence-corrected chi connectivity index (χ0v) is 13.7. The minimum atomic E-state index is -0.341. The number of hydrogen-bond acceptors (Lipinski definition) is 4. The molecule has 0 unspecified atom stereocenters. The third-order valence-electron chi connectivity index (χ3n) is 3.75. The molecular formula is C14H23ClN2O2S. The van der Waals surface area contributed by atoms with E-state index in [0.29, 0.717) is 13.2 Å². The van der Waals surface area contributed by atoms with Gasteiger partial charge in [-0.25, -0.2) is 0 Å². The minimum Gasteiger partial charge on any atom is -0.384 e. The highest BCUT2D eigenvalue weighted by Gasteiger charge is 2.41. The number of carbonyl (C=O) groups excluding carboxylic acids is 1. The number of amides is 1. The number of nitrogens with one attached hydrogen (secondary N) is 1. The van der Waals surface area contributed by atoms with Crippen molar-refractivity contribution in [3.63, 3.8) is 0 Å². The largest absolute Gasteiger partial charge is 0.384 e. The van der Waals surface area contributed by atoms with Gasteiger partial charge in [-0.2, -0.15) is 0 Å². The molecule has 1 saturated heterocycles. The lowest BCUT2D eigenvalue weighted by molar-refractivity contribution is -0.146. The van der Waals surface area contributed by atoms with Crippen molar-refractivity contribution in [2.45, 2.75) is 19.4 Å². The third-order valence-corrected chi connectivity index (χ3v) is 4.62. The summed E-state index contributed by atoms with van der Waals surface area (Å²) in [5.41, 5.74) is -0.341. The van der Waals surface area contributed by atoms with Crippen LogP contribution in [0.2, 0.25) is 0 Å². The number of carbonyl (C=O) groups is 1. The summed E-state index contributed by atoms with van der Waals surface area (Å²) >= 11 is 1.69. The monoisotopic (exact) mass is 318 g/mol. The number of piperidine rings is 1. The summed E-state index contributed by atoms with van der Waals surface area (Å²) < 4.78 is 5.32. The average Bonchev–Trinajstić information content (AvgIpc) is 2.92. The lowest BCUT2D eigenvalue weighted by Gasteiger charge is -2.38. The molecule has 1 aromatic rings. The molecule has 0 spiro atoms. The van der Waals surface area contributed by atoms with Gasteiger partial charge in [-0.3, -0.25) is 4.79 Å². The highest BCUT2D eigenvalue weighted by molar-refractivity contribution is 7.09.